The second kappa shape index (κ2) is 9.78. The third-order valence-electron chi connectivity index (χ3n) is 4.34. The first-order valence-corrected chi connectivity index (χ1v) is 9.95. The van der Waals surface area contributed by atoms with Gasteiger partial charge in [-0.2, -0.15) is 0 Å². The van der Waals surface area contributed by atoms with Gasteiger partial charge in [-0.25, -0.2) is 0 Å². The fraction of sp³-hybridized carbons (Fsp3) is 0.455. The quantitative estimate of drug-likeness (QED) is 0.398. The molecule has 0 radical (unpaired) electrons. The number of hydrogen-bond donors (Lipinski definition) is 0. The van der Waals surface area contributed by atoms with Crippen LogP contribution in [0.5, 0.6) is 0 Å². The number of hydrogen-bond acceptors (Lipinski definition) is 2. The van der Waals surface area contributed by atoms with E-state index in [9.17, 15) is 0 Å². The van der Waals surface area contributed by atoms with Gasteiger partial charge in [0.2, 0.25) is 0 Å². The van der Waals surface area contributed by atoms with Crippen LogP contribution in [-0.2, 0) is 4.74 Å². The Bertz CT molecular complexity index is 589. The Morgan fingerprint density at radius 1 is 1.25 bits per heavy atom. The van der Waals surface area contributed by atoms with Gasteiger partial charge in [0, 0.05) is 16.6 Å². The lowest BCUT2D eigenvalue weighted by Crippen LogP contribution is -2.28. The minimum Gasteiger partial charge on any atom is -0.486 e. The van der Waals surface area contributed by atoms with Gasteiger partial charge in [0.1, 0.15) is 11.9 Å². The molecule has 1 fully saturated rings. The molecule has 1 saturated heterocycles. The molecule has 1 heterocycles. The van der Waals surface area contributed by atoms with Crippen LogP contribution in [-0.4, -0.2) is 11.9 Å². The van der Waals surface area contributed by atoms with Crippen molar-refractivity contribution in [1.82, 2.24) is 0 Å². The van der Waals surface area contributed by atoms with E-state index in [2.05, 4.69) is 82.4 Å². The predicted octanol–water partition coefficient (Wildman–Crippen LogP) is 6.59. The molecule has 2 heteroatoms. The second-order valence-electron chi connectivity index (χ2n) is 6.38. The first-order valence-electron chi connectivity index (χ1n) is 8.97. The van der Waals surface area contributed by atoms with Crippen molar-refractivity contribution in [3.8, 4) is 0 Å². The van der Waals surface area contributed by atoms with Crippen LogP contribution in [0.3, 0.4) is 0 Å². The van der Waals surface area contributed by atoms with E-state index in [1.807, 2.05) is 11.8 Å². The minimum absolute atomic E-state index is 0.157. The van der Waals surface area contributed by atoms with Gasteiger partial charge >= 0.3 is 0 Å². The summed E-state index contributed by atoms with van der Waals surface area (Å²) in [4.78, 5) is 1.32. The highest BCUT2D eigenvalue weighted by Crippen LogP contribution is 2.37. The summed E-state index contributed by atoms with van der Waals surface area (Å²) in [5.74, 6) is 3.16. The molecule has 0 N–H and O–H groups in total. The van der Waals surface area contributed by atoms with Crippen LogP contribution in [0.2, 0.25) is 0 Å². The topological polar surface area (TPSA) is 9.23 Å². The first kappa shape index (κ1) is 18.9. The summed E-state index contributed by atoms with van der Waals surface area (Å²) < 4.78 is 6.26. The Hall–Kier alpha value is -1.41. The Morgan fingerprint density at radius 2 is 2.08 bits per heavy atom. The molecular weight excluding hydrogens is 312 g/mol. The summed E-state index contributed by atoms with van der Waals surface area (Å²) in [5, 5.41) is 0. The average Bonchev–Trinajstić information content (AvgIpc) is 2.58. The molecule has 1 aliphatic heterocycles. The average molecular weight is 343 g/mol. The normalized spacial score (nSPS) is 28.2. The van der Waals surface area contributed by atoms with Crippen LogP contribution < -0.4 is 0 Å². The molecule has 0 aromatic carbocycles. The molecular formula is C22H30OS. The lowest BCUT2D eigenvalue weighted by Gasteiger charge is -2.34. The van der Waals surface area contributed by atoms with E-state index in [0.29, 0.717) is 11.8 Å². The number of ether oxygens (including phenoxy) is 1. The van der Waals surface area contributed by atoms with Gasteiger partial charge in [-0.05, 0) is 57.3 Å². The molecule has 2 aliphatic rings. The standard InChI is InChI=1S/C22H30OS/c1-5-9-20(7-3)24-14-8-11-18-16-19-15-17(4)12-13-22(19)23-21(18)10-6-2/h5-11,13,15,17-18,21H,12,14,16H2,1-4H3/b9-5-,10-6-,11-8+,20-7+/t17?,18-,21?/m0/s1. The summed E-state index contributed by atoms with van der Waals surface area (Å²) in [5.41, 5.74) is 1.39. The molecule has 0 aromatic rings. The molecule has 0 bridgehead atoms. The van der Waals surface area contributed by atoms with Crippen molar-refractivity contribution in [3.63, 3.8) is 0 Å². The molecule has 2 unspecified atom stereocenters. The third kappa shape index (κ3) is 5.31. The number of thioether (sulfide) groups is 1. The zero-order chi connectivity index (χ0) is 17.4. The highest BCUT2D eigenvalue weighted by Gasteiger charge is 2.29. The van der Waals surface area contributed by atoms with E-state index in [-0.39, 0.29) is 6.10 Å². The molecule has 130 valence electrons. The summed E-state index contributed by atoms with van der Waals surface area (Å²) in [6.07, 6.45) is 22.3. The van der Waals surface area contributed by atoms with Crippen molar-refractivity contribution >= 4 is 11.8 Å². The molecule has 0 aromatic heterocycles. The Labute approximate surface area is 151 Å². The highest BCUT2D eigenvalue weighted by atomic mass is 32.2. The predicted molar refractivity (Wildman–Crippen MR) is 108 cm³/mol. The van der Waals surface area contributed by atoms with E-state index in [1.54, 1.807) is 0 Å². The fourth-order valence-corrected chi connectivity index (χ4v) is 3.93. The molecule has 1 nitrogen and oxygen atoms in total. The molecule has 1 aliphatic carbocycles. The van der Waals surface area contributed by atoms with Crippen molar-refractivity contribution in [2.45, 2.75) is 46.6 Å². The van der Waals surface area contributed by atoms with E-state index < -0.39 is 0 Å². The zero-order valence-electron chi connectivity index (χ0n) is 15.4. The van der Waals surface area contributed by atoms with Crippen LogP contribution in [0.1, 0.15) is 40.5 Å². The van der Waals surface area contributed by atoms with Crippen LogP contribution in [0.15, 0.2) is 70.9 Å². The van der Waals surface area contributed by atoms with E-state index >= 15 is 0 Å². The van der Waals surface area contributed by atoms with Gasteiger partial charge < -0.3 is 4.74 Å². The Morgan fingerprint density at radius 3 is 2.79 bits per heavy atom. The summed E-state index contributed by atoms with van der Waals surface area (Å²) in [6.45, 7) is 8.50. The van der Waals surface area contributed by atoms with Crippen molar-refractivity contribution in [1.29, 1.82) is 0 Å². The largest absolute Gasteiger partial charge is 0.486 e. The number of allylic oxidation sites excluding steroid dienone is 7. The number of rotatable bonds is 6. The van der Waals surface area contributed by atoms with Crippen LogP contribution >= 0.6 is 11.8 Å². The smallest absolute Gasteiger partial charge is 0.123 e. The van der Waals surface area contributed by atoms with Gasteiger partial charge in [-0.3, -0.25) is 0 Å². The fourth-order valence-electron chi connectivity index (χ4n) is 3.13. The summed E-state index contributed by atoms with van der Waals surface area (Å²) >= 11 is 1.88. The van der Waals surface area contributed by atoms with Gasteiger partial charge in [0.05, 0.1) is 0 Å². The van der Waals surface area contributed by atoms with Crippen LogP contribution in [0, 0.1) is 11.8 Å². The van der Waals surface area contributed by atoms with Gasteiger partial charge in [0.25, 0.3) is 0 Å². The monoisotopic (exact) mass is 342 g/mol. The molecule has 0 amide bonds. The zero-order valence-corrected chi connectivity index (χ0v) is 16.2. The number of fused-ring (bicyclic) bond motifs is 1. The lowest BCUT2D eigenvalue weighted by atomic mass is 9.84. The van der Waals surface area contributed by atoms with E-state index in [1.165, 1.54) is 10.5 Å². The Kier molecular flexibility index (Phi) is 7.71. The maximum atomic E-state index is 6.26. The maximum absolute atomic E-state index is 6.26. The lowest BCUT2D eigenvalue weighted by molar-refractivity contribution is 0.0987. The Balaban J connectivity index is 2.01. The minimum atomic E-state index is 0.157. The second-order valence-corrected chi connectivity index (χ2v) is 7.47. The highest BCUT2D eigenvalue weighted by molar-refractivity contribution is 8.03. The molecule has 24 heavy (non-hydrogen) atoms. The van der Waals surface area contributed by atoms with Gasteiger partial charge in [-0.15, -0.1) is 11.8 Å². The molecule has 2 rings (SSSR count). The van der Waals surface area contributed by atoms with Crippen molar-refractivity contribution in [3.05, 3.63) is 70.9 Å². The van der Waals surface area contributed by atoms with E-state index in [0.717, 1.165) is 24.4 Å². The van der Waals surface area contributed by atoms with Crippen LogP contribution in [0.4, 0.5) is 0 Å². The molecule has 0 spiro atoms. The summed E-state index contributed by atoms with van der Waals surface area (Å²) in [6, 6.07) is 0. The molecule has 0 saturated carbocycles. The van der Waals surface area contributed by atoms with Crippen molar-refractivity contribution in [2.75, 3.05) is 5.75 Å². The van der Waals surface area contributed by atoms with E-state index in [4.69, 9.17) is 4.74 Å². The third-order valence-corrected chi connectivity index (χ3v) is 5.41. The van der Waals surface area contributed by atoms with Crippen molar-refractivity contribution in [2.24, 2.45) is 11.8 Å². The SMILES string of the molecule is C/C=C\C(=C/C)SC/C=C/[C@H]1CC2=CC(C)CC=C2OC1/C=C\C. The van der Waals surface area contributed by atoms with Crippen LogP contribution in [0.25, 0.3) is 0 Å². The van der Waals surface area contributed by atoms with Gasteiger partial charge in [-0.1, -0.05) is 49.5 Å². The summed E-state index contributed by atoms with van der Waals surface area (Å²) in [7, 11) is 0. The van der Waals surface area contributed by atoms with Gasteiger partial charge in [0.15, 0.2) is 0 Å². The van der Waals surface area contributed by atoms with Crippen molar-refractivity contribution < 1.29 is 4.74 Å². The molecule has 3 atom stereocenters. The first-order chi connectivity index (χ1) is 11.7. The maximum Gasteiger partial charge on any atom is 0.123 e.